The molecule has 0 saturated carbocycles. The van der Waals surface area contributed by atoms with Gasteiger partial charge >= 0.3 is 0 Å². The van der Waals surface area contributed by atoms with Crippen LogP contribution in [-0.4, -0.2) is 25.7 Å². The summed E-state index contributed by atoms with van der Waals surface area (Å²) in [6, 6.07) is 3.49. The second-order valence-electron chi connectivity index (χ2n) is 4.34. The first-order chi connectivity index (χ1) is 9.72. The summed E-state index contributed by atoms with van der Waals surface area (Å²) in [6.07, 6.45) is 7.55. The van der Waals surface area contributed by atoms with Gasteiger partial charge in [-0.3, -0.25) is 4.79 Å². The van der Waals surface area contributed by atoms with Gasteiger partial charge in [-0.15, -0.1) is 0 Å². The normalized spacial score (nSPS) is 16.9. The van der Waals surface area contributed by atoms with E-state index in [0.29, 0.717) is 17.5 Å². The zero-order valence-corrected chi connectivity index (χ0v) is 10.9. The number of carbonyl (C=O) groups excluding carboxylic acids is 1. The Morgan fingerprint density at radius 1 is 1.50 bits per heavy atom. The van der Waals surface area contributed by atoms with Gasteiger partial charge in [0, 0.05) is 31.8 Å². The van der Waals surface area contributed by atoms with Gasteiger partial charge in [0.25, 0.3) is 5.95 Å². The summed E-state index contributed by atoms with van der Waals surface area (Å²) in [5.41, 5.74) is 0.708. The van der Waals surface area contributed by atoms with Crippen LogP contribution < -0.4 is 5.32 Å². The molecule has 102 valence electrons. The first kappa shape index (κ1) is 12.3. The molecule has 0 aliphatic carbocycles. The summed E-state index contributed by atoms with van der Waals surface area (Å²) >= 11 is 0. The lowest BCUT2D eigenvalue weighted by Gasteiger charge is -2.12. The minimum Gasteiger partial charge on any atom is -0.492 e. The Morgan fingerprint density at radius 2 is 2.40 bits per heavy atom. The molecule has 1 unspecified atom stereocenters. The van der Waals surface area contributed by atoms with E-state index in [1.165, 1.54) is 11.6 Å². The zero-order chi connectivity index (χ0) is 13.9. The molecular formula is C13H13N5O2. The molecule has 3 heterocycles. The van der Waals surface area contributed by atoms with E-state index in [1.807, 2.05) is 6.08 Å². The zero-order valence-electron chi connectivity index (χ0n) is 10.9. The van der Waals surface area contributed by atoms with Gasteiger partial charge in [0.05, 0.1) is 12.0 Å². The molecule has 7 nitrogen and oxygen atoms in total. The smallest absolute Gasteiger partial charge is 0.252 e. The lowest BCUT2D eigenvalue weighted by Crippen LogP contribution is -2.13. The largest absolute Gasteiger partial charge is 0.492 e. The van der Waals surface area contributed by atoms with E-state index in [2.05, 4.69) is 20.4 Å². The SMILES string of the molecule is CC(=O)Nc1cc(C2CC=CO2)nc(-n2cccn2)n1. The van der Waals surface area contributed by atoms with Crippen LogP contribution in [0.3, 0.4) is 0 Å². The van der Waals surface area contributed by atoms with E-state index in [0.717, 1.165) is 6.42 Å². The third-order valence-corrected chi connectivity index (χ3v) is 2.77. The van der Waals surface area contributed by atoms with Crippen LogP contribution in [0, 0.1) is 0 Å². The van der Waals surface area contributed by atoms with Crippen LogP contribution in [0.1, 0.15) is 25.1 Å². The summed E-state index contributed by atoms with van der Waals surface area (Å²) in [5, 5.41) is 6.76. The number of ether oxygens (including phenoxy) is 1. The summed E-state index contributed by atoms with van der Waals surface area (Å²) in [4.78, 5) is 19.9. The molecule has 0 saturated heterocycles. The minimum atomic E-state index is -0.188. The van der Waals surface area contributed by atoms with Crippen LogP contribution in [0.15, 0.2) is 36.9 Å². The molecular weight excluding hydrogens is 258 g/mol. The minimum absolute atomic E-state index is 0.153. The van der Waals surface area contributed by atoms with Crippen LogP contribution in [0.2, 0.25) is 0 Å². The fourth-order valence-electron chi connectivity index (χ4n) is 1.93. The second kappa shape index (κ2) is 5.12. The maximum Gasteiger partial charge on any atom is 0.252 e. The van der Waals surface area contributed by atoms with Crippen molar-refractivity contribution in [3.63, 3.8) is 0 Å². The van der Waals surface area contributed by atoms with Gasteiger partial charge in [-0.1, -0.05) is 0 Å². The van der Waals surface area contributed by atoms with E-state index >= 15 is 0 Å². The average Bonchev–Trinajstić information content (AvgIpc) is 3.11. The van der Waals surface area contributed by atoms with E-state index < -0.39 is 0 Å². The van der Waals surface area contributed by atoms with Crippen LogP contribution in [0.25, 0.3) is 5.95 Å². The van der Waals surface area contributed by atoms with Crippen molar-refractivity contribution in [2.75, 3.05) is 5.32 Å². The predicted octanol–water partition coefficient (Wildman–Crippen LogP) is 1.60. The number of nitrogens with zero attached hydrogens (tertiary/aromatic N) is 4. The standard InChI is InChI=1S/C13H13N5O2/c1-9(19)15-12-8-10(11-4-2-7-20-11)16-13(17-12)18-6-3-5-14-18/h2-3,5-8,11H,4H2,1H3,(H,15,16,17,19). The maximum absolute atomic E-state index is 11.2. The summed E-state index contributed by atoms with van der Waals surface area (Å²) in [5.74, 6) is 0.641. The number of anilines is 1. The molecule has 0 aromatic carbocycles. The molecule has 0 spiro atoms. The number of hydrogen-bond donors (Lipinski definition) is 1. The number of rotatable bonds is 3. The third-order valence-electron chi connectivity index (χ3n) is 2.77. The molecule has 0 bridgehead atoms. The maximum atomic E-state index is 11.2. The molecule has 1 amide bonds. The lowest BCUT2D eigenvalue weighted by atomic mass is 10.2. The molecule has 2 aromatic rings. The van der Waals surface area contributed by atoms with Crippen molar-refractivity contribution in [3.05, 3.63) is 42.6 Å². The highest BCUT2D eigenvalue weighted by atomic mass is 16.5. The van der Waals surface area contributed by atoms with Gasteiger partial charge in [-0.2, -0.15) is 10.1 Å². The van der Waals surface area contributed by atoms with Crippen LogP contribution in [0.5, 0.6) is 0 Å². The Kier molecular flexibility index (Phi) is 3.16. The van der Waals surface area contributed by atoms with Crippen LogP contribution in [0.4, 0.5) is 5.82 Å². The van der Waals surface area contributed by atoms with Crippen molar-refractivity contribution >= 4 is 11.7 Å². The molecule has 1 aliphatic heterocycles. The third kappa shape index (κ3) is 2.51. The predicted molar refractivity (Wildman–Crippen MR) is 71.0 cm³/mol. The summed E-state index contributed by atoms with van der Waals surface area (Å²) < 4.78 is 7.00. The van der Waals surface area contributed by atoms with Gasteiger partial charge in [-0.05, 0) is 12.1 Å². The fraction of sp³-hybridized carbons (Fsp3) is 0.231. The molecule has 7 heteroatoms. The number of aromatic nitrogens is 4. The molecule has 0 radical (unpaired) electrons. The van der Waals surface area contributed by atoms with Crippen molar-refractivity contribution in [2.45, 2.75) is 19.4 Å². The fourth-order valence-corrected chi connectivity index (χ4v) is 1.93. The quantitative estimate of drug-likeness (QED) is 0.916. The average molecular weight is 271 g/mol. The van der Waals surface area contributed by atoms with E-state index in [9.17, 15) is 4.79 Å². The van der Waals surface area contributed by atoms with Crippen molar-refractivity contribution in [1.82, 2.24) is 19.7 Å². The van der Waals surface area contributed by atoms with Crippen molar-refractivity contribution < 1.29 is 9.53 Å². The number of nitrogens with one attached hydrogen (secondary N) is 1. The van der Waals surface area contributed by atoms with Gasteiger partial charge in [0.15, 0.2) is 0 Å². The molecule has 1 N–H and O–H groups in total. The Morgan fingerprint density at radius 3 is 3.05 bits per heavy atom. The van der Waals surface area contributed by atoms with Gasteiger partial charge in [0.1, 0.15) is 11.9 Å². The number of hydrogen-bond acceptors (Lipinski definition) is 5. The lowest BCUT2D eigenvalue weighted by molar-refractivity contribution is -0.114. The van der Waals surface area contributed by atoms with Gasteiger partial charge in [0.2, 0.25) is 5.91 Å². The molecule has 2 aromatic heterocycles. The Balaban J connectivity index is 2.00. The Labute approximate surface area is 115 Å². The highest BCUT2D eigenvalue weighted by Gasteiger charge is 2.19. The molecule has 0 fully saturated rings. The monoisotopic (exact) mass is 271 g/mol. The van der Waals surface area contributed by atoms with Crippen LogP contribution in [-0.2, 0) is 9.53 Å². The first-order valence-electron chi connectivity index (χ1n) is 6.19. The highest BCUT2D eigenvalue weighted by molar-refractivity contribution is 5.87. The van der Waals surface area contributed by atoms with E-state index in [4.69, 9.17) is 4.74 Å². The van der Waals surface area contributed by atoms with Crippen molar-refractivity contribution in [1.29, 1.82) is 0 Å². The molecule has 1 aliphatic rings. The molecule has 3 rings (SSSR count). The second-order valence-corrected chi connectivity index (χ2v) is 4.34. The number of amides is 1. The van der Waals surface area contributed by atoms with Crippen LogP contribution >= 0.6 is 0 Å². The molecule has 20 heavy (non-hydrogen) atoms. The van der Waals surface area contributed by atoms with E-state index in [-0.39, 0.29) is 12.0 Å². The summed E-state index contributed by atoms with van der Waals surface area (Å²) in [6.45, 7) is 1.43. The van der Waals surface area contributed by atoms with E-state index in [1.54, 1.807) is 30.8 Å². The summed E-state index contributed by atoms with van der Waals surface area (Å²) in [7, 11) is 0. The number of carbonyl (C=O) groups is 1. The Hall–Kier alpha value is -2.70. The van der Waals surface area contributed by atoms with Crippen molar-refractivity contribution in [2.24, 2.45) is 0 Å². The van der Waals surface area contributed by atoms with Gasteiger partial charge < -0.3 is 10.1 Å². The first-order valence-corrected chi connectivity index (χ1v) is 6.19. The Bertz CT molecular complexity index is 643. The van der Waals surface area contributed by atoms with Gasteiger partial charge in [-0.25, -0.2) is 9.67 Å². The highest BCUT2D eigenvalue weighted by Crippen LogP contribution is 2.26. The molecule has 1 atom stereocenters. The topological polar surface area (TPSA) is 81.9 Å². The van der Waals surface area contributed by atoms with Crippen molar-refractivity contribution in [3.8, 4) is 5.95 Å².